The minimum atomic E-state index is 0.0423. The van der Waals surface area contributed by atoms with Crippen LogP contribution in [0.2, 0.25) is 0 Å². The molecule has 0 saturated carbocycles. The average molecular weight is 439 g/mol. The molecule has 0 aliphatic carbocycles. The summed E-state index contributed by atoms with van der Waals surface area (Å²) in [6.07, 6.45) is 0.530. The number of ketones is 1. The number of amides is 1. The molecule has 8 heteroatoms. The fraction of sp³-hybridized carbons (Fsp3) is 0.391. The van der Waals surface area contributed by atoms with Crippen molar-refractivity contribution < 1.29 is 14.1 Å². The van der Waals surface area contributed by atoms with E-state index in [1.807, 2.05) is 55.1 Å². The Morgan fingerprint density at radius 2 is 1.74 bits per heavy atom. The number of carbonyl (C=O) groups excluding carboxylic acids is 2. The summed E-state index contributed by atoms with van der Waals surface area (Å²) in [7, 11) is 0. The highest BCUT2D eigenvalue weighted by atomic mass is 32.1. The van der Waals surface area contributed by atoms with Crippen LogP contribution < -0.4 is 0 Å². The lowest BCUT2D eigenvalue weighted by molar-refractivity contribution is -0.133. The van der Waals surface area contributed by atoms with Crippen molar-refractivity contribution in [1.82, 2.24) is 19.9 Å². The van der Waals surface area contributed by atoms with Gasteiger partial charge in [-0.15, -0.1) is 11.3 Å². The van der Waals surface area contributed by atoms with Crippen molar-refractivity contribution in [1.29, 1.82) is 0 Å². The van der Waals surface area contributed by atoms with E-state index in [1.165, 1.54) is 16.9 Å². The molecule has 1 amide bonds. The van der Waals surface area contributed by atoms with Crippen molar-refractivity contribution in [3.8, 4) is 11.4 Å². The monoisotopic (exact) mass is 438 g/mol. The highest BCUT2D eigenvalue weighted by Gasteiger charge is 2.23. The van der Waals surface area contributed by atoms with Crippen LogP contribution in [-0.4, -0.2) is 57.8 Å². The van der Waals surface area contributed by atoms with Crippen molar-refractivity contribution in [2.45, 2.75) is 33.2 Å². The van der Waals surface area contributed by atoms with Gasteiger partial charge in [0.05, 0.1) is 11.4 Å². The van der Waals surface area contributed by atoms with Crippen molar-refractivity contribution in [2.24, 2.45) is 0 Å². The zero-order valence-electron chi connectivity index (χ0n) is 17.8. The highest BCUT2D eigenvalue weighted by molar-refractivity contribution is 7.14. The van der Waals surface area contributed by atoms with E-state index >= 15 is 0 Å². The van der Waals surface area contributed by atoms with Gasteiger partial charge in [0.2, 0.25) is 17.6 Å². The number of nitrogens with zero attached hydrogens (tertiary/aromatic N) is 4. The molecule has 1 aromatic carbocycles. The predicted octanol–water partition coefficient (Wildman–Crippen LogP) is 3.72. The Balaban J connectivity index is 1.23. The number of benzene rings is 1. The molecular formula is C23H26N4O3S. The highest BCUT2D eigenvalue weighted by Crippen LogP contribution is 2.19. The summed E-state index contributed by atoms with van der Waals surface area (Å²) in [5, 5.41) is 4.08. The molecule has 0 radical (unpaired) electrons. The number of carbonyl (C=O) groups is 2. The van der Waals surface area contributed by atoms with Gasteiger partial charge in [0.25, 0.3) is 0 Å². The summed E-state index contributed by atoms with van der Waals surface area (Å²) in [6, 6.07) is 11.8. The number of hydrogen-bond acceptors (Lipinski definition) is 7. The molecule has 1 aliphatic rings. The van der Waals surface area contributed by atoms with Crippen molar-refractivity contribution in [3.63, 3.8) is 0 Å². The lowest BCUT2D eigenvalue weighted by Crippen LogP contribution is -2.48. The van der Waals surface area contributed by atoms with Crippen LogP contribution in [0.3, 0.4) is 0 Å². The molecule has 1 fully saturated rings. The second-order valence-corrected chi connectivity index (χ2v) is 9.16. The first kappa shape index (κ1) is 21.4. The Morgan fingerprint density at radius 1 is 1.00 bits per heavy atom. The van der Waals surface area contributed by atoms with Crippen LogP contribution in [0.25, 0.3) is 11.4 Å². The fourth-order valence-electron chi connectivity index (χ4n) is 3.57. The first-order valence-electron chi connectivity index (χ1n) is 10.5. The van der Waals surface area contributed by atoms with Crippen molar-refractivity contribution in [2.75, 3.05) is 26.2 Å². The molecule has 0 N–H and O–H groups in total. The molecule has 3 aromatic rings. The number of Topliss-reactive ketones (excluding diaryl/α,β-unsaturated/α-hetero) is 1. The van der Waals surface area contributed by atoms with Gasteiger partial charge < -0.3 is 9.42 Å². The molecule has 0 spiro atoms. The van der Waals surface area contributed by atoms with Gasteiger partial charge in [-0.2, -0.15) is 4.98 Å². The number of piperazine rings is 1. The maximum Gasteiger partial charge on any atom is 0.241 e. The van der Waals surface area contributed by atoms with Crippen LogP contribution in [0.1, 0.15) is 38.8 Å². The van der Waals surface area contributed by atoms with Crippen LogP contribution in [0.15, 0.2) is 40.9 Å². The molecule has 1 saturated heterocycles. The van der Waals surface area contributed by atoms with Crippen molar-refractivity contribution in [3.05, 3.63) is 57.6 Å². The molecule has 3 heterocycles. The van der Waals surface area contributed by atoms with Gasteiger partial charge in [-0.1, -0.05) is 35.0 Å². The molecule has 31 heavy (non-hydrogen) atoms. The van der Waals surface area contributed by atoms with Gasteiger partial charge in [-0.25, -0.2) is 0 Å². The molecule has 2 aromatic heterocycles. The number of thiophene rings is 1. The quantitative estimate of drug-likeness (QED) is 0.523. The zero-order valence-corrected chi connectivity index (χ0v) is 18.7. The van der Waals surface area contributed by atoms with Crippen LogP contribution in [0.5, 0.6) is 0 Å². The van der Waals surface area contributed by atoms with Gasteiger partial charge in [-0.3, -0.25) is 14.5 Å². The normalized spacial score (nSPS) is 14.7. The first-order valence-corrected chi connectivity index (χ1v) is 11.3. The average Bonchev–Trinajstić information content (AvgIpc) is 3.42. The molecule has 0 unspecified atom stereocenters. The van der Waals surface area contributed by atoms with Gasteiger partial charge in [0.1, 0.15) is 0 Å². The minimum absolute atomic E-state index is 0.0423. The Kier molecular flexibility index (Phi) is 6.58. The molecule has 0 atom stereocenters. The topological polar surface area (TPSA) is 79.5 Å². The van der Waals surface area contributed by atoms with E-state index in [-0.39, 0.29) is 24.5 Å². The van der Waals surface area contributed by atoms with E-state index in [4.69, 9.17) is 4.52 Å². The van der Waals surface area contributed by atoms with Crippen LogP contribution in [-0.2, 0) is 11.3 Å². The molecule has 0 bridgehead atoms. The maximum atomic E-state index is 12.5. The standard InChI is InChI=1S/C23H26N4O3S/c1-16-3-6-18(7-4-16)23-24-21(30-25-23)15-26-11-13-27(14-12-26)22(29)10-8-19(28)20-9-5-17(2)31-20/h3-7,9H,8,10-15H2,1-2H3. The summed E-state index contributed by atoms with van der Waals surface area (Å²) < 4.78 is 5.42. The largest absolute Gasteiger partial charge is 0.340 e. The lowest BCUT2D eigenvalue weighted by Gasteiger charge is -2.34. The molecule has 4 rings (SSSR count). The van der Waals surface area contributed by atoms with Crippen LogP contribution >= 0.6 is 11.3 Å². The number of aryl methyl sites for hydroxylation is 2. The Labute approximate surface area is 185 Å². The second-order valence-electron chi connectivity index (χ2n) is 7.87. The Morgan fingerprint density at radius 3 is 2.42 bits per heavy atom. The third kappa shape index (κ3) is 5.45. The molecular weight excluding hydrogens is 412 g/mol. The Hall–Kier alpha value is -2.84. The summed E-state index contributed by atoms with van der Waals surface area (Å²) in [4.78, 5) is 35.1. The fourth-order valence-corrected chi connectivity index (χ4v) is 4.41. The molecule has 162 valence electrons. The molecule has 1 aliphatic heterocycles. The number of hydrogen-bond donors (Lipinski definition) is 0. The molecule has 7 nitrogen and oxygen atoms in total. The van der Waals surface area contributed by atoms with Crippen molar-refractivity contribution >= 4 is 23.0 Å². The summed E-state index contributed by atoms with van der Waals surface area (Å²) in [6.45, 7) is 7.35. The van der Waals surface area contributed by atoms with Crippen LogP contribution in [0.4, 0.5) is 0 Å². The third-order valence-corrected chi connectivity index (χ3v) is 6.48. The van der Waals surface area contributed by atoms with E-state index in [9.17, 15) is 9.59 Å². The van der Waals surface area contributed by atoms with E-state index in [2.05, 4.69) is 15.0 Å². The van der Waals surface area contributed by atoms with Gasteiger partial charge in [0, 0.05) is 49.5 Å². The summed E-state index contributed by atoms with van der Waals surface area (Å²) >= 11 is 1.48. The van der Waals surface area contributed by atoms with E-state index in [0.29, 0.717) is 31.3 Å². The smallest absolute Gasteiger partial charge is 0.241 e. The summed E-state index contributed by atoms with van der Waals surface area (Å²) in [5.74, 6) is 1.26. The van der Waals surface area contributed by atoms with Gasteiger partial charge >= 0.3 is 0 Å². The van der Waals surface area contributed by atoms with E-state index in [0.717, 1.165) is 28.4 Å². The maximum absolute atomic E-state index is 12.5. The first-order chi connectivity index (χ1) is 15.0. The third-order valence-electron chi connectivity index (χ3n) is 5.44. The lowest BCUT2D eigenvalue weighted by atomic mass is 10.1. The van der Waals surface area contributed by atoms with Crippen LogP contribution in [0, 0.1) is 13.8 Å². The number of aromatic nitrogens is 2. The predicted molar refractivity (Wildman–Crippen MR) is 119 cm³/mol. The Bertz CT molecular complexity index is 1050. The van der Waals surface area contributed by atoms with Gasteiger partial charge in [0.15, 0.2) is 5.78 Å². The second kappa shape index (κ2) is 9.53. The van der Waals surface area contributed by atoms with E-state index in [1.54, 1.807) is 0 Å². The summed E-state index contributed by atoms with van der Waals surface area (Å²) in [5.41, 5.74) is 2.12. The SMILES string of the molecule is Cc1ccc(-c2noc(CN3CCN(C(=O)CCC(=O)c4ccc(C)s4)CC3)n2)cc1. The van der Waals surface area contributed by atoms with Gasteiger partial charge in [-0.05, 0) is 26.0 Å². The minimum Gasteiger partial charge on any atom is -0.340 e. The number of rotatable bonds is 7. The zero-order chi connectivity index (χ0) is 21.8. The van der Waals surface area contributed by atoms with E-state index < -0.39 is 0 Å².